The Bertz CT molecular complexity index is 395. The molecule has 0 amide bonds. The highest BCUT2D eigenvalue weighted by atomic mass is 16.6. The molecule has 1 aromatic rings. The van der Waals surface area contributed by atoms with Crippen molar-refractivity contribution in [1.29, 1.82) is 0 Å². The van der Waals surface area contributed by atoms with Gasteiger partial charge in [-0.3, -0.25) is 16.0 Å². The second kappa shape index (κ2) is 6.05. The fourth-order valence-corrected chi connectivity index (χ4v) is 1.53. The summed E-state index contributed by atoms with van der Waals surface area (Å²) in [4.78, 5) is 12.3. The maximum absolute atomic E-state index is 10.8. The topological polar surface area (TPSA) is 84.4 Å². The van der Waals surface area contributed by atoms with Crippen LogP contribution in [0.5, 0.6) is 0 Å². The molecule has 17 heavy (non-hydrogen) atoms. The predicted octanol–water partition coefficient (Wildman–Crippen LogP) is 2.12. The minimum atomic E-state index is -0.419. The number of non-ortho nitro benzene ring substituents is 1. The summed E-state index contributed by atoms with van der Waals surface area (Å²) in [6.45, 7) is 2.97. The van der Waals surface area contributed by atoms with E-state index in [-0.39, 0.29) is 5.69 Å². The van der Waals surface area contributed by atoms with Crippen molar-refractivity contribution in [2.75, 3.05) is 23.9 Å². The van der Waals surface area contributed by atoms with Crippen LogP contribution in [0.3, 0.4) is 0 Å². The largest absolute Gasteiger partial charge is 0.374 e. The molecular formula is C11H18N4O2. The van der Waals surface area contributed by atoms with Crippen molar-refractivity contribution in [3.05, 3.63) is 28.3 Å². The molecule has 0 aliphatic carbocycles. The van der Waals surface area contributed by atoms with E-state index in [1.807, 2.05) is 11.9 Å². The van der Waals surface area contributed by atoms with Gasteiger partial charge in [0.15, 0.2) is 0 Å². The second-order valence-corrected chi connectivity index (χ2v) is 3.91. The number of nitrogens with zero attached hydrogens (tertiary/aromatic N) is 2. The van der Waals surface area contributed by atoms with E-state index in [2.05, 4.69) is 12.3 Å². The number of unbranched alkanes of at least 4 members (excludes halogenated alkanes) is 1. The molecule has 0 spiro atoms. The van der Waals surface area contributed by atoms with Crippen molar-refractivity contribution >= 4 is 17.1 Å². The molecule has 0 atom stereocenters. The first-order valence-electron chi connectivity index (χ1n) is 5.55. The van der Waals surface area contributed by atoms with E-state index in [9.17, 15) is 10.1 Å². The van der Waals surface area contributed by atoms with Crippen LogP contribution < -0.4 is 16.2 Å². The molecule has 3 N–H and O–H groups in total. The Labute approximate surface area is 101 Å². The zero-order valence-electron chi connectivity index (χ0n) is 10.1. The lowest BCUT2D eigenvalue weighted by Crippen LogP contribution is -2.19. The van der Waals surface area contributed by atoms with Crippen LogP contribution in [0.15, 0.2) is 18.2 Å². The van der Waals surface area contributed by atoms with Crippen LogP contribution in [0.4, 0.5) is 17.1 Å². The van der Waals surface area contributed by atoms with E-state index >= 15 is 0 Å². The number of nitrogen functional groups attached to an aromatic ring is 1. The summed E-state index contributed by atoms with van der Waals surface area (Å²) in [5.74, 6) is 5.30. The van der Waals surface area contributed by atoms with Gasteiger partial charge in [-0.15, -0.1) is 0 Å². The highest BCUT2D eigenvalue weighted by molar-refractivity contribution is 5.63. The Morgan fingerprint density at radius 2 is 2.18 bits per heavy atom. The van der Waals surface area contributed by atoms with Gasteiger partial charge in [0, 0.05) is 31.4 Å². The van der Waals surface area contributed by atoms with Gasteiger partial charge in [-0.2, -0.15) is 0 Å². The molecule has 0 bridgehead atoms. The number of benzene rings is 1. The number of nitrogens with one attached hydrogen (secondary N) is 1. The Morgan fingerprint density at radius 1 is 1.47 bits per heavy atom. The number of hydrogen-bond acceptors (Lipinski definition) is 5. The third-order valence-corrected chi connectivity index (χ3v) is 2.57. The van der Waals surface area contributed by atoms with E-state index in [1.165, 1.54) is 6.07 Å². The number of anilines is 2. The lowest BCUT2D eigenvalue weighted by atomic mass is 10.2. The molecule has 0 aliphatic rings. The summed E-state index contributed by atoms with van der Waals surface area (Å²) in [6.07, 6.45) is 2.13. The fraction of sp³-hybridized carbons (Fsp3) is 0.455. The van der Waals surface area contributed by atoms with Crippen LogP contribution in [0.2, 0.25) is 0 Å². The van der Waals surface area contributed by atoms with Gasteiger partial charge in [-0.25, -0.2) is 0 Å². The third kappa shape index (κ3) is 3.60. The van der Waals surface area contributed by atoms with Crippen molar-refractivity contribution in [1.82, 2.24) is 0 Å². The molecule has 0 heterocycles. The maximum Gasteiger partial charge on any atom is 0.273 e. The Kier molecular flexibility index (Phi) is 4.71. The van der Waals surface area contributed by atoms with Crippen molar-refractivity contribution < 1.29 is 4.92 Å². The molecular weight excluding hydrogens is 220 g/mol. The van der Waals surface area contributed by atoms with E-state index in [1.54, 1.807) is 12.1 Å². The lowest BCUT2D eigenvalue weighted by Gasteiger charge is -2.19. The van der Waals surface area contributed by atoms with Crippen LogP contribution in [-0.4, -0.2) is 18.5 Å². The van der Waals surface area contributed by atoms with Crippen LogP contribution in [0.1, 0.15) is 19.8 Å². The van der Waals surface area contributed by atoms with Crippen molar-refractivity contribution in [2.45, 2.75) is 19.8 Å². The molecule has 0 saturated heterocycles. The SMILES string of the molecule is CCCCN(C)c1cc(NN)cc([N+](=O)[O-])c1. The third-order valence-electron chi connectivity index (χ3n) is 2.57. The first kappa shape index (κ1) is 13.2. The highest BCUT2D eigenvalue weighted by Crippen LogP contribution is 2.26. The van der Waals surface area contributed by atoms with Crippen LogP contribution >= 0.6 is 0 Å². The monoisotopic (exact) mass is 238 g/mol. The highest BCUT2D eigenvalue weighted by Gasteiger charge is 2.11. The van der Waals surface area contributed by atoms with Crippen molar-refractivity contribution in [2.24, 2.45) is 5.84 Å². The summed E-state index contributed by atoms with van der Waals surface area (Å²) >= 11 is 0. The zero-order valence-corrected chi connectivity index (χ0v) is 10.1. The molecule has 0 aliphatic heterocycles. The average molecular weight is 238 g/mol. The van der Waals surface area contributed by atoms with E-state index in [0.717, 1.165) is 25.1 Å². The number of nitro benzene ring substituents is 1. The molecule has 1 rings (SSSR count). The predicted molar refractivity (Wildman–Crippen MR) is 69.1 cm³/mol. The number of hydrazine groups is 1. The summed E-state index contributed by atoms with van der Waals surface area (Å²) in [6, 6.07) is 4.76. The number of nitro groups is 1. The second-order valence-electron chi connectivity index (χ2n) is 3.91. The zero-order chi connectivity index (χ0) is 12.8. The molecule has 1 aromatic carbocycles. The van der Waals surface area contributed by atoms with Gasteiger partial charge in [0.05, 0.1) is 10.6 Å². The van der Waals surface area contributed by atoms with Crippen LogP contribution in [0, 0.1) is 10.1 Å². The Hall–Kier alpha value is -1.82. The Balaban J connectivity index is 2.97. The first-order chi connectivity index (χ1) is 8.08. The van der Waals surface area contributed by atoms with Crippen molar-refractivity contribution in [3.63, 3.8) is 0 Å². The van der Waals surface area contributed by atoms with Gasteiger partial charge < -0.3 is 10.3 Å². The normalized spacial score (nSPS) is 10.1. The van der Waals surface area contributed by atoms with Gasteiger partial charge in [0.25, 0.3) is 5.69 Å². The average Bonchev–Trinajstić information content (AvgIpc) is 2.35. The molecule has 0 fully saturated rings. The smallest absolute Gasteiger partial charge is 0.273 e. The molecule has 6 nitrogen and oxygen atoms in total. The number of rotatable bonds is 6. The minimum absolute atomic E-state index is 0.0406. The summed E-state index contributed by atoms with van der Waals surface area (Å²) in [5.41, 5.74) is 3.81. The van der Waals surface area contributed by atoms with Crippen molar-refractivity contribution in [3.8, 4) is 0 Å². The quantitative estimate of drug-likeness (QED) is 0.450. The molecule has 0 saturated carbocycles. The summed E-state index contributed by atoms with van der Waals surface area (Å²) < 4.78 is 0. The van der Waals surface area contributed by atoms with Crippen LogP contribution in [-0.2, 0) is 0 Å². The van der Waals surface area contributed by atoms with Gasteiger partial charge in [-0.05, 0) is 12.5 Å². The lowest BCUT2D eigenvalue weighted by molar-refractivity contribution is -0.384. The van der Waals surface area contributed by atoms with Gasteiger partial charge in [0.2, 0.25) is 0 Å². The standard InChI is InChI=1S/C11H18N4O2/c1-3-4-5-14(2)10-6-9(13-12)7-11(8-10)15(16)17/h6-8,13H,3-5,12H2,1-2H3. The fourth-order valence-electron chi connectivity index (χ4n) is 1.53. The van der Waals surface area contributed by atoms with E-state index in [4.69, 9.17) is 5.84 Å². The van der Waals surface area contributed by atoms with E-state index in [0.29, 0.717) is 5.69 Å². The maximum atomic E-state index is 10.8. The van der Waals surface area contributed by atoms with E-state index < -0.39 is 4.92 Å². The summed E-state index contributed by atoms with van der Waals surface area (Å²) in [5, 5.41) is 10.8. The van der Waals surface area contributed by atoms with Gasteiger partial charge in [0.1, 0.15) is 0 Å². The molecule has 0 unspecified atom stereocenters. The van der Waals surface area contributed by atoms with Gasteiger partial charge >= 0.3 is 0 Å². The molecule has 94 valence electrons. The summed E-state index contributed by atoms with van der Waals surface area (Å²) in [7, 11) is 1.91. The minimum Gasteiger partial charge on any atom is -0.374 e. The number of hydrogen-bond donors (Lipinski definition) is 2. The number of nitrogens with two attached hydrogens (primary N) is 1. The Morgan fingerprint density at radius 3 is 2.71 bits per heavy atom. The molecule has 6 heteroatoms. The first-order valence-corrected chi connectivity index (χ1v) is 5.55. The molecule has 0 aromatic heterocycles. The van der Waals surface area contributed by atoms with Crippen LogP contribution in [0.25, 0.3) is 0 Å². The molecule has 0 radical (unpaired) electrons. The van der Waals surface area contributed by atoms with Gasteiger partial charge in [-0.1, -0.05) is 13.3 Å².